The lowest BCUT2D eigenvalue weighted by Crippen LogP contribution is -2.45. The van der Waals surface area contributed by atoms with E-state index < -0.39 is 35.7 Å². The van der Waals surface area contributed by atoms with Crippen LogP contribution < -0.4 is 5.32 Å². The van der Waals surface area contributed by atoms with Crippen molar-refractivity contribution >= 4 is 17.8 Å². The Kier molecular flexibility index (Phi) is 6.04. The highest BCUT2D eigenvalue weighted by Crippen LogP contribution is 2.36. The van der Waals surface area contributed by atoms with Crippen molar-refractivity contribution in [1.82, 2.24) is 5.32 Å². The molecule has 1 amide bonds. The molecule has 120 valence electrons. The van der Waals surface area contributed by atoms with Crippen LogP contribution in [0.25, 0.3) is 0 Å². The summed E-state index contributed by atoms with van der Waals surface area (Å²) in [7, 11) is 1.18. The molecular formula is C13H19F2NO5. The molecule has 8 heteroatoms. The van der Waals surface area contributed by atoms with Crippen LogP contribution >= 0.6 is 0 Å². The molecule has 0 saturated heterocycles. The molecule has 1 atom stereocenters. The fraction of sp³-hybridized carbons (Fsp3) is 0.769. The molecule has 0 aromatic rings. The van der Waals surface area contributed by atoms with Crippen LogP contribution in [0.15, 0.2) is 0 Å². The lowest BCUT2D eigenvalue weighted by atomic mass is 9.86. The Labute approximate surface area is 120 Å². The zero-order valence-electron chi connectivity index (χ0n) is 11.7. The number of carbonyl (C=O) groups is 3. The van der Waals surface area contributed by atoms with Gasteiger partial charge in [0.15, 0.2) is 0 Å². The largest absolute Gasteiger partial charge is 0.480 e. The minimum Gasteiger partial charge on any atom is -0.480 e. The van der Waals surface area contributed by atoms with Gasteiger partial charge in [-0.3, -0.25) is 9.59 Å². The van der Waals surface area contributed by atoms with Crippen molar-refractivity contribution in [1.29, 1.82) is 0 Å². The van der Waals surface area contributed by atoms with E-state index in [0.29, 0.717) is 0 Å². The second-order valence-electron chi connectivity index (χ2n) is 5.14. The van der Waals surface area contributed by atoms with Gasteiger partial charge in [0.05, 0.1) is 7.11 Å². The number of nitrogens with one attached hydrogen (secondary N) is 1. The molecule has 0 bridgehead atoms. The standard InChI is InChI=1S/C13H19F2NO5/c1-21-10(17)3-2-9(12(19)20)16-11(18)8-4-6-13(14,15)7-5-8/h8-9H,2-7H2,1H3,(H,16,18)(H,19,20)/t9-/m0/s1. The van der Waals surface area contributed by atoms with Gasteiger partial charge in [0.2, 0.25) is 11.8 Å². The van der Waals surface area contributed by atoms with Gasteiger partial charge in [-0.1, -0.05) is 0 Å². The second-order valence-corrected chi connectivity index (χ2v) is 5.14. The number of esters is 1. The van der Waals surface area contributed by atoms with E-state index in [4.69, 9.17) is 5.11 Å². The van der Waals surface area contributed by atoms with Crippen LogP contribution in [0.1, 0.15) is 38.5 Å². The van der Waals surface area contributed by atoms with Crippen LogP contribution in [0.4, 0.5) is 8.78 Å². The van der Waals surface area contributed by atoms with Gasteiger partial charge in [-0.25, -0.2) is 13.6 Å². The topological polar surface area (TPSA) is 92.7 Å². The van der Waals surface area contributed by atoms with Gasteiger partial charge in [0.25, 0.3) is 0 Å². The first-order valence-corrected chi connectivity index (χ1v) is 6.73. The van der Waals surface area contributed by atoms with E-state index >= 15 is 0 Å². The van der Waals surface area contributed by atoms with Gasteiger partial charge in [0.1, 0.15) is 6.04 Å². The lowest BCUT2D eigenvalue weighted by molar-refractivity contribution is -0.145. The summed E-state index contributed by atoms with van der Waals surface area (Å²) < 4.78 is 30.4. The first kappa shape index (κ1) is 17.3. The van der Waals surface area contributed by atoms with Crippen molar-refractivity contribution in [3.8, 4) is 0 Å². The van der Waals surface area contributed by atoms with Gasteiger partial charge in [0, 0.05) is 25.2 Å². The Hall–Kier alpha value is -1.73. The monoisotopic (exact) mass is 307 g/mol. The summed E-state index contributed by atoms with van der Waals surface area (Å²) in [5.74, 6) is -5.75. The molecule has 0 unspecified atom stereocenters. The van der Waals surface area contributed by atoms with Crippen molar-refractivity contribution in [2.75, 3.05) is 7.11 Å². The number of ether oxygens (including phenoxy) is 1. The SMILES string of the molecule is COC(=O)CC[C@H](NC(=O)C1CCC(F)(F)CC1)C(=O)O. The maximum absolute atomic E-state index is 13.0. The first-order valence-electron chi connectivity index (χ1n) is 6.73. The maximum Gasteiger partial charge on any atom is 0.326 e. The normalized spacial score (nSPS) is 19.6. The third kappa shape index (κ3) is 5.65. The molecule has 0 aliphatic heterocycles. The first-order chi connectivity index (χ1) is 9.75. The van der Waals surface area contributed by atoms with E-state index in [9.17, 15) is 23.2 Å². The molecule has 1 fully saturated rings. The Balaban J connectivity index is 2.49. The molecule has 21 heavy (non-hydrogen) atoms. The summed E-state index contributed by atoms with van der Waals surface area (Å²) in [4.78, 5) is 33.9. The number of carboxylic acids is 1. The van der Waals surface area contributed by atoms with E-state index in [1.165, 1.54) is 7.11 Å². The van der Waals surface area contributed by atoms with Crippen molar-refractivity contribution in [3.63, 3.8) is 0 Å². The molecule has 0 radical (unpaired) electrons. The molecule has 1 saturated carbocycles. The van der Waals surface area contributed by atoms with Crippen LogP contribution in [0.3, 0.4) is 0 Å². The number of halogens is 2. The molecule has 0 aromatic heterocycles. The molecule has 0 spiro atoms. The highest BCUT2D eigenvalue weighted by molar-refractivity contribution is 5.85. The number of hydrogen-bond donors (Lipinski definition) is 2. The van der Waals surface area contributed by atoms with Crippen molar-refractivity contribution in [3.05, 3.63) is 0 Å². The van der Waals surface area contributed by atoms with Crippen molar-refractivity contribution in [2.45, 2.75) is 50.5 Å². The summed E-state index contributed by atoms with van der Waals surface area (Å²) in [5.41, 5.74) is 0. The van der Waals surface area contributed by atoms with Crippen LogP contribution in [0.5, 0.6) is 0 Å². The number of aliphatic carboxylic acids is 1. The molecule has 6 nitrogen and oxygen atoms in total. The molecule has 2 N–H and O–H groups in total. The van der Waals surface area contributed by atoms with E-state index in [-0.39, 0.29) is 38.5 Å². The number of methoxy groups -OCH3 is 1. The summed E-state index contributed by atoms with van der Waals surface area (Å²) in [5, 5.41) is 11.3. The average molecular weight is 307 g/mol. The number of alkyl halides is 2. The summed E-state index contributed by atoms with van der Waals surface area (Å²) in [6, 6.07) is -1.22. The van der Waals surface area contributed by atoms with Gasteiger partial charge in [-0.15, -0.1) is 0 Å². The van der Waals surface area contributed by atoms with Crippen LogP contribution in [0.2, 0.25) is 0 Å². The number of hydrogen-bond acceptors (Lipinski definition) is 4. The van der Waals surface area contributed by atoms with Crippen LogP contribution in [-0.4, -0.2) is 42.0 Å². The molecule has 0 heterocycles. The summed E-state index contributed by atoms with van der Waals surface area (Å²) >= 11 is 0. The Morgan fingerprint density at radius 2 is 1.90 bits per heavy atom. The number of carboxylic acid groups (broad SMARTS) is 1. The molecule has 1 rings (SSSR count). The van der Waals surface area contributed by atoms with Gasteiger partial charge in [-0.05, 0) is 19.3 Å². The predicted octanol–water partition coefficient (Wildman–Crippen LogP) is 1.33. The third-order valence-electron chi connectivity index (χ3n) is 3.57. The highest BCUT2D eigenvalue weighted by Gasteiger charge is 2.38. The Bertz CT molecular complexity index is 403. The number of rotatable bonds is 6. The minimum atomic E-state index is -2.74. The Morgan fingerprint density at radius 3 is 2.38 bits per heavy atom. The quantitative estimate of drug-likeness (QED) is 0.722. The van der Waals surface area contributed by atoms with E-state index in [1.54, 1.807) is 0 Å². The molecule has 1 aliphatic carbocycles. The van der Waals surface area contributed by atoms with Crippen LogP contribution in [0, 0.1) is 5.92 Å². The number of carbonyl (C=O) groups excluding carboxylic acids is 2. The molecular weight excluding hydrogens is 288 g/mol. The third-order valence-corrected chi connectivity index (χ3v) is 3.57. The zero-order chi connectivity index (χ0) is 16.0. The zero-order valence-corrected chi connectivity index (χ0v) is 11.7. The number of amides is 1. The molecule has 0 aromatic carbocycles. The predicted molar refractivity (Wildman–Crippen MR) is 67.7 cm³/mol. The fourth-order valence-electron chi connectivity index (χ4n) is 2.21. The lowest BCUT2D eigenvalue weighted by Gasteiger charge is -2.28. The van der Waals surface area contributed by atoms with E-state index in [1.807, 2.05) is 0 Å². The van der Waals surface area contributed by atoms with Crippen molar-refractivity contribution < 1.29 is 33.0 Å². The van der Waals surface area contributed by atoms with Gasteiger partial charge >= 0.3 is 11.9 Å². The van der Waals surface area contributed by atoms with Gasteiger partial charge in [-0.2, -0.15) is 0 Å². The smallest absolute Gasteiger partial charge is 0.326 e. The maximum atomic E-state index is 13.0. The molecule has 1 aliphatic rings. The van der Waals surface area contributed by atoms with E-state index in [0.717, 1.165) is 0 Å². The summed E-state index contributed by atoms with van der Waals surface area (Å²) in [6.45, 7) is 0. The van der Waals surface area contributed by atoms with Crippen molar-refractivity contribution in [2.24, 2.45) is 5.92 Å². The van der Waals surface area contributed by atoms with Gasteiger partial charge < -0.3 is 15.2 Å². The highest BCUT2D eigenvalue weighted by atomic mass is 19.3. The second kappa shape index (κ2) is 7.33. The minimum absolute atomic E-state index is 0.0299. The average Bonchev–Trinajstić information content (AvgIpc) is 2.42. The Morgan fingerprint density at radius 1 is 1.33 bits per heavy atom. The van der Waals surface area contributed by atoms with Crippen LogP contribution in [-0.2, 0) is 19.1 Å². The van der Waals surface area contributed by atoms with E-state index in [2.05, 4.69) is 10.1 Å². The fourth-order valence-corrected chi connectivity index (χ4v) is 2.21. The summed E-state index contributed by atoms with van der Waals surface area (Å²) in [6.07, 6.45) is -0.923.